The first-order chi connectivity index (χ1) is 13.4. The van der Waals surface area contributed by atoms with Crippen LogP contribution in [0.2, 0.25) is 0 Å². The Morgan fingerprint density at radius 3 is 2.43 bits per heavy atom. The maximum atomic E-state index is 12.8. The van der Waals surface area contributed by atoms with Crippen LogP contribution in [-0.4, -0.2) is 75.4 Å². The summed E-state index contributed by atoms with van der Waals surface area (Å²) < 4.78 is 11.6. The average molecular weight is 387 g/mol. The molecule has 9 heteroatoms. The number of nitrogens with one attached hydrogen (secondary N) is 1. The van der Waals surface area contributed by atoms with Crippen LogP contribution in [0.3, 0.4) is 0 Å². The Labute approximate surface area is 163 Å². The number of hydrogen-bond acceptors (Lipinski definition) is 6. The molecule has 0 unspecified atom stereocenters. The molecule has 2 aliphatic rings. The fraction of sp³-hybridized carbons (Fsp3) is 0.579. The van der Waals surface area contributed by atoms with Crippen LogP contribution < -0.4 is 0 Å². The van der Waals surface area contributed by atoms with Crippen LogP contribution in [0.25, 0.3) is 0 Å². The SMILES string of the molecule is Cc1cc(C(=O)N2CCC3(CC2)CN(C(=O)c2n[nH]nc2C)CCO3)c(C)o1. The van der Waals surface area contributed by atoms with Crippen molar-refractivity contribution in [1.29, 1.82) is 0 Å². The summed E-state index contributed by atoms with van der Waals surface area (Å²) in [5.41, 5.74) is 1.16. The minimum absolute atomic E-state index is 0.00818. The van der Waals surface area contributed by atoms with Crippen molar-refractivity contribution < 1.29 is 18.7 Å². The Bertz CT molecular complexity index is 894. The smallest absolute Gasteiger partial charge is 0.276 e. The average Bonchev–Trinajstić information content (AvgIpc) is 3.26. The van der Waals surface area contributed by atoms with Gasteiger partial charge in [-0.3, -0.25) is 9.59 Å². The molecule has 2 aromatic rings. The zero-order chi connectivity index (χ0) is 19.9. The number of furan rings is 1. The summed E-state index contributed by atoms with van der Waals surface area (Å²) in [5.74, 6) is 1.25. The van der Waals surface area contributed by atoms with Gasteiger partial charge in [0, 0.05) is 19.6 Å². The first kappa shape index (κ1) is 18.7. The van der Waals surface area contributed by atoms with Crippen molar-refractivity contribution in [3.63, 3.8) is 0 Å². The first-order valence-electron chi connectivity index (χ1n) is 9.55. The summed E-state index contributed by atoms with van der Waals surface area (Å²) in [7, 11) is 0. The van der Waals surface area contributed by atoms with E-state index in [4.69, 9.17) is 9.15 Å². The molecule has 0 saturated carbocycles. The van der Waals surface area contributed by atoms with Gasteiger partial charge in [-0.2, -0.15) is 15.4 Å². The summed E-state index contributed by atoms with van der Waals surface area (Å²) in [6.45, 7) is 8.11. The van der Waals surface area contributed by atoms with Gasteiger partial charge in [0.1, 0.15) is 11.5 Å². The van der Waals surface area contributed by atoms with E-state index in [1.165, 1.54) is 0 Å². The summed E-state index contributed by atoms with van der Waals surface area (Å²) >= 11 is 0. The van der Waals surface area contributed by atoms with Gasteiger partial charge >= 0.3 is 0 Å². The maximum absolute atomic E-state index is 12.8. The Hall–Kier alpha value is -2.68. The lowest BCUT2D eigenvalue weighted by molar-refractivity contribution is -0.123. The highest BCUT2D eigenvalue weighted by Crippen LogP contribution is 2.31. The second-order valence-corrected chi connectivity index (χ2v) is 7.63. The van der Waals surface area contributed by atoms with Crippen molar-refractivity contribution in [2.75, 3.05) is 32.8 Å². The quantitative estimate of drug-likeness (QED) is 0.837. The number of H-pyrrole nitrogens is 1. The number of hydrogen-bond donors (Lipinski definition) is 1. The molecule has 2 aromatic heterocycles. The number of likely N-dealkylation sites (tertiary alicyclic amines) is 1. The van der Waals surface area contributed by atoms with E-state index in [1.807, 2.05) is 18.7 Å². The molecule has 0 bridgehead atoms. The van der Waals surface area contributed by atoms with Gasteiger partial charge in [-0.1, -0.05) is 0 Å². The lowest BCUT2D eigenvalue weighted by Gasteiger charge is -2.47. The highest BCUT2D eigenvalue weighted by atomic mass is 16.5. The van der Waals surface area contributed by atoms with Gasteiger partial charge in [0.15, 0.2) is 5.69 Å². The van der Waals surface area contributed by atoms with Crippen molar-refractivity contribution in [3.8, 4) is 0 Å². The number of amides is 2. The van der Waals surface area contributed by atoms with Crippen LogP contribution in [0.15, 0.2) is 10.5 Å². The van der Waals surface area contributed by atoms with E-state index in [-0.39, 0.29) is 11.8 Å². The second kappa shape index (κ2) is 7.05. The van der Waals surface area contributed by atoms with E-state index in [0.29, 0.717) is 68.3 Å². The zero-order valence-electron chi connectivity index (χ0n) is 16.4. The zero-order valence-corrected chi connectivity index (χ0v) is 16.4. The molecular formula is C19H25N5O4. The van der Waals surface area contributed by atoms with Gasteiger partial charge in [0.25, 0.3) is 11.8 Å². The number of nitrogens with zero attached hydrogens (tertiary/aromatic N) is 4. The van der Waals surface area contributed by atoms with E-state index in [2.05, 4.69) is 15.4 Å². The molecule has 2 fully saturated rings. The van der Waals surface area contributed by atoms with Crippen molar-refractivity contribution in [2.24, 2.45) is 0 Å². The van der Waals surface area contributed by atoms with Crippen LogP contribution >= 0.6 is 0 Å². The molecule has 4 heterocycles. The number of ether oxygens (including phenoxy) is 1. The second-order valence-electron chi connectivity index (χ2n) is 7.63. The number of carbonyl (C=O) groups excluding carboxylic acids is 2. The molecule has 2 saturated heterocycles. The summed E-state index contributed by atoms with van der Waals surface area (Å²) in [5, 5.41) is 10.4. The standard InChI is InChI=1S/C19H25N5O4/c1-12-10-15(14(3)28-12)17(25)23-6-4-19(5-7-23)11-24(8-9-27-19)18(26)16-13(2)20-22-21-16/h10H,4-9,11H2,1-3H3,(H,20,21,22). The third kappa shape index (κ3) is 3.30. The summed E-state index contributed by atoms with van der Waals surface area (Å²) in [6.07, 6.45) is 1.38. The van der Waals surface area contributed by atoms with Crippen LogP contribution in [0.5, 0.6) is 0 Å². The number of aromatic nitrogens is 3. The fourth-order valence-electron chi connectivity index (χ4n) is 4.09. The Morgan fingerprint density at radius 2 is 1.82 bits per heavy atom. The fourth-order valence-corrected chi connectivity index (χ4v) is 4.09. The monoisotopic (exact) mass is 387 g/mol. The van der Waals surface area contributed by atoms with Crippen LogP contribution in [0, 0.1) is 20.8 Å². The van der Waals surface area contributed by atoms with E-state index >= 15 is 0 Å². The van der Waals surface area contributed by atoms with E-state index in [0.717, 1.165) is 5.76 Å². The van der Waals surface area contributed by atoms with Crippen LogP contribution in [0.1, 0.15) is 50.9 Å². The molecule has 1 N–H and O–H groups in total. The Morgan fingerprint density at radius 1 is 1.07 bits per heavy atom. The Balaban J connectivity index is 1.42. The predicted octanol–water partition coefficient (Wildman–Crippen LogP) is 1.47. The van der Waals surface area contributed by atoms with Crippen LogP contribution in [0.4, 0.5) is 0 Å². The lowest BCUT2D eigenvalue weighted by Crippen LogP contribution is -2.58. The van der Waals surface area contributed by atoms with E-state index in [9.17, 15) is 9.59 Å². The highest BCUT2D eigenvalue weighted by molar-refractivity contribution is 5.95. The molecule has 9 nitrogen and oxygen atoms in total. The van der Waals surface area contributed by atoms with Gasteiger partial charge in [-0.15, -0.1) is 0 Å². The Kier molecular flexibility index (Phi) is 4.70. The van der Waals surface area contributed by atoms with Gasteiger partial charge < -0.3 is 19.0 Å². The molecule has 0 aromatic carbocycles. The molecule has 2 amide bonds. The molecule has 0 aliphatic carbocycles. The topological polar surface area (TPSA) is 105 Å². The summed E-state index contributed by atoms with van der Waals surface area (Å²) in [6, 6.07) is 1.79. The van der Waals surface area contributed by atoms with Crippen molar-refractivity contribution >= 4 is 11.8 Å². The molecule has 0 radical (unpaired) electrons. The number of piperidine rings is 1. The molecule has 28 heavy (non-hydrogen) atoms. The normalized spacial score (nSPS) is 19.2. The van der Waals surface area contributed by atoms with Crippen molar-refractivity contribution in [3.05, 3.63) is 34.5 Å². The molecule has 150 valence electrons. The number of rotatable bonds is 2. The minimum Gasteiger partial charge on any atom is -0.466 e. The van der Waals surface area contributed by atoms with Gasteiger partial charge in [-0.25, -0.2) is 0 Å². The van der Waals surface area contributed by atoms with Crippen molar-refractivity contribution in [2.45, 2.75) is 39.2 Å². The first-order valence-corrected chi connectivity index (χ1v) is 9.55. The van der Waals surface area contributed by atoms with Crippen LogP contribution in [-0.2, 0) is 4.74 Å². The number of carbonyl (C=O) groups is 2. The third-order valence-electron chi connectivity index (χ3n) is 5.69. The molecular weight excluding hydrogens is 362 g/mol. The number of morpholine rings is 1. The lowest BCUT2D eigenvalue weighted by atomic mass is 9.89. The minimum atomic E-state index is -0.413. The maximum Gasteiger partial charge on any atom is 0.276 e. The van der Waals surface area contributed by atoms with Gasteiger partial charge in [0.2, 0.25) is 0 Å². The van der Waals surface area contributed by atoms with Gasteiger partial charge in [-0.05, 0) is 39.7 Å². The largest absolute Gasteiger partial charge is 0.466 e. The van der Waals surface area contributed by atoms with Crippen molar-refractivity contribution in [1.82, 2.24) is 25.2 Å². The molecule has 2 aliphatic heterocycles. The molecule has 0 atom stereocenters. The van der Waals surface area contributed by atoms with E-state index < -0.39 is 5.60 Å². The summed E-state index contributed by atoms with van der Waals surface area (Å²) in [4.78, 5) is 29.2. The molecule has 4 rings (SSSR count). The highest BCUT2D eigenvalue weighted by Gasteiger charge is 2.42. The van der Waals surface area contributed by atoms with Gasteiger partial charge in [0.05, 0.1) is 30.0 Å². The number of aryl methyl sites for hydroxylation is 3. The molecule has 1 spiro atoms. The number of aromatic amines is 1. The third-order valence-corrected chi connectivity index (χ3v) is 5.69. The predicted molar refractivity (Wildman–Crippen MR) is 99.0 cm³/mol. The van der Waals surface area contributed by atoms with E-state index in [1.54, 1.807) is 17.9 Å².